The van der Waals surface area contributed by atoms with Crippen molar-refractivity contribution in [3.05, 3.63) is 83.2 Å². The van der Waals surface area contributed by atoms with Crippen molar-refractivity contribution in [1.82, 2.24) is 4.90 Å². The predicted octanol–water partition coefficient (Wildman–Crippen LogP) is 5.64. The third kappa shape index (κ3) is 7.57. The van der Waals surface area contributed by atoms with E-state index in [1.54, 1.807) is 24.0 Å². The first-order valence-corrected chi connectivity index (χ1v) is 12.0. The lowest BCUT2D eigenvalue weighted by Gasteiger charge is -2.19. The molecule has 0 aliphatic carbocycles. The fraction of sp³-hybridized carbons (Fsp3) is 0.310. The maximum absolute atomic E-state index is 14.3. The van der Waals surface area contributed by atoms with E-state index in [4.69, 9.17) is 14.6 Å². The van der Waals surface area contributed by atoms with E-state index in [9.17, 15) is 14.0 Å². The van der Waals surface area contributed by atoms with E-state index < -0.39 is 11.8 Å². The number of aliphatic carboxylic acids is 1. The van der Waals surface area contributed by atoms with Gasteiger partial charge in [0.1, 0.15) is 30.5 Å². The molecule has 0 aliphatic rings. The van der Waals surface area contributed by atoms with Gasteiger partial charge in [-0.1, -0.05) is 30.3 Å². The Kier molecular flexibility index (Phi) is 9.45. The van der Waals surface area contributed by atoms with Crippen LogP contribution >= 0.6 is 0 Å². The van der Waals surface area contributed by atoms with Crippen molar-refractivity contribution < 1.29 is 28.6 Å². The molecule has 190 valence electrons. The van der Waals surface area contributed by atoms with E-state index in [-0.39, 0.29) is 25.4 Å². The van der Waals surface area contributed by atoms with Gasteiger partial charge in [-0.15, -0.1) is 0 Å². The number of ether oxygens (including phenoxy) is 2. The van der Waals surface area contributed by atoms with Gasteiger partial charge in [0.25, 0.3) is 0 Å². The van der Waals surface area contributed by atoms with Crippen LogP contribution in [-0.2, 0) is 22.6 Å². The molecule has 0 unspecified atom stereocenters. The van der Waals surface area contributed by atoms with Crippen molar-refractivity contribution in [2.45, 2.75) is 40.2 Å². The molecule has 0 spiro atoms. The largest absolute Gasteiger partial charge is 0.492 e. The number of aryl methyl sites for hydroxylation is 2. The third-order valence-corrected chi connectivity index (χ3v) is 5.93. The van der Waals surface area contributed by atoms with Crippen molar-refractivity contribution in [3.63, 3.8) is 0 Å². The lowest BCUT2D eigenvalue weighted by Crippen LogP contribution is -2.32. The molecule has 36 heavy (non-hydrogen) atoms. The van der Waals surface area contributed by atoms with Gasteiger partial charge < -0.3 is 19.5 Å². The van der Waals surface area contributed by atoms with Gasteiger partial charge in [-0.25, -0.2) is 4.39 Å². The van der Waals surface area contributed by atoms with E-state index in [1.807, 2.05) is 56.3 Å². The van der Waals surface area contributed by atoms with Crippen LogP contribution in [0.4, 0.5) is 4.39 Å². The summed E-state index contributed by atoms with van der Waals surface area (Å²) in [7, 11) is 0. The zero-order valence-corrected chi connectivity index (χ0v) is 20.9. The Morgan fingerprint density at radius 1 is 1.00 bits per heavy atom. The molecule has 7 heteroatoms. The topological polar surface area (TPSA) is 76.1 Å². The summed E-state index contributed by atoms with van der Waals surface area (Å²) < 4.78 is 25.9. The second-order valence-electron chi connectivity index (χ2n) is 8.56. The Bertz CT molecular complexity index is 1210. The maximum Gasteiger partial charge on any atom is 0.303 e. The molecule has 0 fully saturated rings. The molecule has 0 saturated heterocycles. The standard InChI is InChI=1S/C29H32FNO5/c1-4-31(21(3)32)14-15-35-25-11-12-27(20(2)16-25)24-7-5-6-22(17-24)19-36-26-10-8-23(28(30)18-26)9-13-29(33)34/h5-8,10-12,16-18H,4,9,13-15,19H2,1-3H3,(H,33,34). The molecule has 0 aromatic heterocycles. The van der Waals surface area contributed by atoms with Crippen LogP contribution in [0, 0.1) is 12.7 Å². The van der Waals surface area contributed by atoms with E-state index in [1.165, 1.54) is 6.07 Å². The summed E-state index contributed by atoms with van der Waals surface area (Å²) in [5, 5.41) is 8.78. The number of carboxylic acids is 1. The van der Waals surface area contributed by atoms with Gasteiger partial charge in [-0.2, -0.15) is 0 Å². The summed E-state index contributed by atoms with van der Waals surface area (Å²) >= 11 is 0. The zero-order chi connectivity index (χ0) is 26.1. The van der Waals surface area contributed by atoms with Crippen molar-refractivity contribution in [2.75, 3.05) is 19.7 Å². The van der Waals surface area contributed by atoms with Crippen LogP contribution in [0.2, 0.25) is 0 Å². The monoisotopic (exact) mass is 493 g/mol. The Morgan fingerprint density at radius 2 is 1.75 bits per heavy atom. The van der Waals surface area contributed by atoms with Crippen molar-refractivity contribution in [2.24, 2.45) is 0 Å². The number of halogens is 1. The molecular weight excluding hydrogens is 461 g/mol. The smallest absolute Gasteiger partial charge is 0.303 e. The number of rotatable bonds is 12. The lowest BCUT2D eigenvalue weighted by molar-refractivity contribution is -0.137. The van der Waals surface area contributed by atoms with Gasteiger partial charge in [0.15, 0.2) is 0 Å². The first-order valence-electron chi connectivity index (χ1n) is 12.0. The third-order valence-electron chi connectivity index (χ3n) is 5.93. The number of carbonyl (C=O) groups excluding carboxylic acids is 1. The molecular formula is C29H32FNO5. The van der Waals surface area contributed by atoms with Gasteiger partial charge in [-0.05, 0) is 72.4 Å². The van der Waals surface area contributed by atoms with E-state index in [0.717, 1.165) is 28.0 Å². The molecule has 6 nitrogen and oxygen atoms in total. The summed E-state index contributed by atoms with van der Waals surface area (Å²) in [6.45, 7) is 7.42. The molecule has 3 aromatic rings. The van der Waals surface area contributed by atoms with E-state index in [2.05, 4.69) is 0 Å². The molecule has 1 N–H and O–H groups in total. The summed E-state index contributed by atoms with van der Waals surface area (Å²) in [4.78, 5) is 24.0. The number of hydrogen-bond donors (Lipinski definition) is 1. The van der Waals surface area contributed by atoms with Gasteiger partial charge >= 0.3 is 5.97 Å². The van der Waals surface area contributed by atoms with Crippen LogP contribution in [-0.4, -0.2) is 41.6 Å². The molecule has 1 amide bonds. The van der Waals surface area contributed by atoms with Crippen LogP contribution in [0.25, 0.3) is 11.1 Å². The fourth-order valence-corrected chi connectivity index (χ4v) is 3.92. The minimum absolute atomic E-state index is 0.0365. The molecule has 0 heterocycles. The van der Waals surface area contributed by atoms with Crippen molar-refractivity contribution >= 4 is 11.9 Å². The second kappa shape index (κ2) is 12.7. The highest BCUT2D eigenvalue weighted by Gasteiger charge is 2.10. The minimum Gasteiger partial charge on any atom is -0.492 e. The molecule has 0 aliphatic heterocycles. The van der Waals surface area contributed by atoms with Gasteiger partial charge in [0.05, 0.1) is 6.54 Å². The second-order valence-corrected chi connectivity index (χ2v) is 8.56. The Morgan fingerprint density at radius 3 is 2.42 bits per heavy atom. The van der Waals surface area contributed by atoms with E-state index >= 15 is 0 Å². The summed E-state index contributed by atoms with van der Waals surface area (Å²) in [6, 6.07) is 18.4. The number of carbonyl (C=O) groups is 2. The minimum atomic E-state index is -0.958. The molecule has 3 rings (SSSR count). The van der Waals surface area contributed by atoms with Gasteiger partial charge in [-0.3, -0.25) is 9.59 Å². The highest BCUT2D eigenvalue weighted by atomic mass is 19.1. The van der Waals surface area contributed by atoms with Gasteiger partial charge in [0, 0.05) is 26.0 Å². The van der Waals surface area contributed by atoms with Crippen molar-refractivity contribution in [1.29, 1.82) is 0 Å². The average Bonchev–Trinajstić information content (AvgIpc) is 2.84. The fourth-order valence-electron chi connectivity index (χ4n) is 3.92. The number of amides is 1. The average molecular weight is 494 g/mol. The highest BCUT2D eigenvalue weighted by Crippen LogP contribution is 2.28. The Balaban J connectivity index is 1.61. The van der Waals surface area contributed by atoms with Crippen LogP contribution in [0.15, 0.2) is 60.7 Å². The van der Waals surface area contributed by atoms with Crippen LogP contribution in [0.3, 0.4) is 0 Å². The Labute approximate surface area is 211 Å². The highest BCUT2D eigenvalue weighted by molar-refractivity contribution is 5.73. The Hall–Kier alpha value is -3.87. The number of benzene rings is 3. The van der Waals surface area contributed by atoms with Crippen molar-refractivity contribution in [3.8, 4) is 22.6 Å². The molecule has 0 atom stereocenters. The first kappa shape index (κ1) is 26.7. The summed E-state index contributed by atoms with van der Waals surface area (Å²) in [6.07, 6.45) is 0.0238. The SMILES string of the molecule is CCN(CCOc1ccc(-c2cccc(COc3ccc(CCC(=O)O)c(F)c3)c2)c(C)c1)C(C)=O. The number of hydrogen-bond acceptors (Lipinski definition) is 4. The lowest BCUT2D eigenvalue weighted by atomic mass is 9.99. The maximum atomic E-state index is 14.3. The van der Waals surface area contributed by atoms with Crippen LogP contribution in [0.5, 0.6) is 11.5 Å². The van der Waals surface area contributed by atoms with E-state index in [0.29, 0.717) is 31.0 Å². The normalized spacial score (nSPS) is 10.7. The number of likely N-dealkylation sites (N-methyl/N-ethyl adjacent to an activating group) is 1. The number of carboxylic acid groups (broad SMARTS) is 1. The zero-order valence-electron chi connectivity index (χ0n) is 20.9. The van der Waals surface area contributed by atoms with Gasteiger partial charge in [0.2, 0.25) is 5.91 Å². The molecule has 0 radical (unpaired) electrons. The molecule has 0 bridgehead atoms. The predicted molar refractivity (Wildman–Crippen MR) is 137 cm³/mol. The van der Waals surface area contributed by atoms with Crippen LogP contribution in [0.1, 0.15) is 37.0 Å². The van der Waals surface area contributed by atoms with Crippen LogP contribution < -0.4 is 9.47 Å². The number of nitrogens with zero attached hydrogens (tertiary/aromatic N) is 1. The molecule has 3 aromatic carbocycles. The quantitative estimate of drug-likeness (QED) is 0.353. The summed E-state index contributed by atoms with van der Waals surface area (Å²) in [5.41, 5.74) is 4.45. The summed E-state index contributed by atoms with van der Waals surface area (Å²) in [5.74, 6) is -0.247. The molecule has 0 saturated carbocycles. The first-order chi connectivity index (χ1) is 17.3.